The number of benzene rings is 3. The summed E-state index contributed by atoms with van der Waals surface area (Å²) in [6, 6.07) is 12.7. The zero-order chi connectivity index (χ0) is 22.5. The van der Waals surface area contributed by atoms with Crippen molar-refractivity contribution in [3.8, 4) is 11.5 Å². The van der Waals surface area contributed by atoms with Crippen molar-refractivity contribution in [3.63, 3.8) is 0 Å². The van der Waals surface area contributed by atoms with Gasteiger partial charge >= 0.3 is 11.9 Å². The summed E-state index contributed by atoms with van der Waals surface area (Å²) in [7, 11) is 0. The van der Waals surface area contributed by atoms with Crippen molar-refractivity contribution in [1.29, 1.82) is 0 Å². The van der Waals surface area contributed by atoms with Gasteiger partial charge < -0.3 is 20.4 Å². The molecular formula is C24H17FO6. The molecule has 3 aromatic rings. The smallest absolute Gasteiger partial charge is 0.339 e. The molecule has 0 bridgehead atoms. The largest absolute Gasteiger partial charge is 0.507 e. The number of hydrogen-bond acceptors (Lipinski definition) is 4. The fourth-order valence-electron chi connectivity index (χ4n) is 2.82. The first-order valence-electron chi connectivity index (χ1n) is 9.03. The lowest BCUT2D eigenvalue weighted by Gasteiger charge is -2.03. The van der Waals surface area contributed by atoms with Crippen molar-refractivity contribution in [3.05, 3.63) is 93.8 Å². The second-order valence-corrected chi connectivity index (χ2v) is 6.61. The number of halogens is 1. The summed E-state index contributed by atoms with van der Waals surface area (Å²) in [6.07, 6.45) is 6.22. The van der Waals surface area contributed by atoms with E-state index in [4.69, 9.17) is 10.2 Å². The van der Waals surface area contributed by atoms with Crippen LogP contribution in [-0.4, -0.2) is 32.4 Å². The van der Waals surface area contributed by atoms with Crippen LogP contribution in [0.3, 0.4) is 0 Å². The molecule has 7 heteroatoms. The van der Waals surface area contributed by atoms with Crippen molar-refractivity contribution in [2.24, 2.45) is 0 Å². The number of hydrogen-bond donors (Lipinski definition) is 4. The molecule has 6 nitrogen and oxygen atoms in total. The van der Waals surface area contributed by atoms with E-state index in [-0.39, 0.29) is 28.2 Å². The molecule has 4 N–H and O–H groups in total. The second kappa shape index (κ2) is 8.96. The van der Waals surface area contributed by atoms with Gasteiger partial charge in [0.2, 0.25) is 0 Å². The van der Waals surface area contributed by atoms with E-state index in [0.29, 0.717) is 16.7 Å². The van der Waals surface area contributed by atoms with E-state index < -0.39 is 17.8 Å². The average molecular weight is 422 g/mol. The van der Waals surface area contributed by atoms with Crippen molar-refractivity contribution in [1.82, 2.24) is 0 Å². The quantitative estimate of drug-likeness (QED) is 0.329. The van der Waals surface area contributed by atoms with Crippen molar-refractivity contribution in [2.45, 2.75) is 0 Å². The molecule has 0 atom stereocenters. The van der Waals surface area contributed by atoms with Gasteiger partial charge in [0.25, 0.3) is 0 Å². The van der Waals surface area contributed by atoms with E-state index in [1.54, 1.807) is 24.3 Å². The standard InChI is InChI=1S/C24H17FO6/c25-20-13-16(2-1-14-5-9-21(26)18(11-14)23(28)29)4-8-17(20)7-3-15-6-10-22(27)19(12-15)24(30)31/h1-13,26-27H,(H,28,29)(H,30,31)/b2-1+,7-3+/i23+1,24+1. The maximum atomic E-state index is 14.4. The summed E-state index contributed by atoms with van der Waals surface area (Å²) < 4.78 is 14.4. The Morgan fingerprint density at radius 3 is 1.52 bits per heavy atom. The average Bonchev–Trinajstić information content (AvgIpc) is 2.73. The molecule has 0 unspecified atom stereocenters. The van der Waals surface area contributed by atoms with E-state index in [2.05, 4.69) is 0 Å². The molecule has 31 heavy (non-hydrogen) atoms. The van der Waals surface area contributed by atoms with Gasteiger partial charge in [0, 0.05) is 5.56 Å². The Kier molecular flexibility index (Phi) is 6.16. The molecule has 0 aliphatic heterocycles. The third kappa shape index (κ3) is 5.16. The molecule has 3 aromatic carbocycles. The maximum Gasteiger partial charge on any atom is 0.339 e. The van der Waals surface area contributed by atoms with Crippen LogP contribution in [0.2, 0.25) is 0 Å². The number of carbonyl (C=O) groups is 2. The lowest BCUT2D eigenvalue weighted by Crippen LogP contribution is -1.96. The summed E-state index contributed by atoms with van der Waals surface area (Å²) in [5, 5.41) is 37.2. The first-order chi connectivity index (χ1) is 14.7. The van der Waals surface area contributed by atoms with Crippen LogP contribution in [-0.2, 0) is 0 Å². The topological polar surface area (TPSA) is 115 Å². The van der Waals surface area contributed by atoms with Crippen LogP contribution in [0.5, 0.6) is 11.5 Å². The zero-order valence-electron chi connectivity index (χ0n) is 16.0. The van der Waals surface area contributed by atoms with Gasteiger partial charge in [0.15, 0.2) is 0 Å². The molecule has 0 aromatic heterocycles. The predicted molar refractivity (Wildman–Crippen MR) is 114 cm³/mol. The number of aromatic carboxylic acids is 2. The van der Waals surface area contributed by atoms with Crippen LogP contribution >= 0.6 is 0 Å². The maximum absolute atomic E-state index is 14.4. The predicted octanol–water partition coefficient (Wildman–Crippen LogP) is 4.97. The minimum Gasteiger partial charge on any atom is -0.507 e. The molecule has 156 valence electrons. The molecule has 0 saturated heterocycles. The van der Waals surface area contributed by atoms with Crippen LogP contribution in [0.25, 0.3) is 24.3 Å². The minimum absolute atomic E-state index is 0.228. The molecule has 0 heterocycles. The summed E-state index contributed by atoms with van der Waals surface area (Å²) in [4.78, 5) is 22.2. The SMILES string of the molecule is O=[13C](O)c1cc(/C=C/c2ccc(/C=C/c3ccc(O)c([13C](=O)O)c3)c(F)c2)ccc1O. The van der Waals surface area contributed by atoms with Gasteiger partial charge in [0.1, 0.15) is 28.4 Å². The summed E-state index contributed by atoms with van der Waals surface area (Å²) in [5.74, 6) is -3.71. The molecule has 0 radical (unpaired) electrons. The number of aromatic hydroxyl groups is 2. The molecule has 0 aliphatic carbocycles. The molecule has 0 aliphatic rings. The van der Waals surface area contributed by atoms with E-state index in [1.807, 2.05) is 0 Å². The van der Waals surface area contributed by atoms with Gasteiger partial charge in [-0.3, -0.25) is 0 Å². The van der Waals surface area contributed by atoms with Gasteiger partial charge in [-0.1, -0.05) is 48.6 Å². The fraction of sp³-hybridized carbons (Fsp3) is 0. The number of carboxylic acids is 2. The Bertz CT molecular complexity index is 1230. The molecule has 0 spiro atoms. The molecule has 0 amide bonds. The highest BCUT2D eigenvalue weighted by atomic mass is 19.1. The monoisotopic (exact) mass is 422 g/mol. The number of rotatable bonds is 6. The summed E-state index contributed by atoms with van der Waals surface area (Å²) in [5.41, 5.74) is 1.36. The van der Waals surface area contributed by atoms with Gasteiger partial charge in [-0.25, -0.2) is 14.0 Å². The number of carboxylic acid groups (broad SMARTS) is 2. The van der Waals surface area contributed by atoms with E-state index in [9.17, 15) is 24.2 Å². The highest BCUT2D eigenvalue weighted by Gasteiger charge is 2.10. The molecule has 3 rings (SSSR count). The lowest BCUT2D eigenvalue weighted by molar-refractivity contribution is 0.0682. The highest BCUT2D eigenvalue weighted by Crippen LogP contribution is 2.22. The zero-order valence-corrected chi connectivity index (χ0v) is 16.0. The summed E-state index contributed by atoms with van der Waals surface area (Å²) >= 11 is 0. The van der Waals surface area contributed by atoms with Crippen LogP contribution in [0.4, 0.5) is 4.39 Å². The van der Waals surface area contributed by atoms with Crippen LogP contribution in [0.15, 0.2) is 54.6 Å². The minimum atomic E-state index is -1.26. The van der Waals surface area contributed by atoms with Crippen molar-refractivity contribution in [2.75, 3.05) is 0 Å². The Hall–Kier alpha value is -4.39. The Morgan fingerprint density at radius 1 is 0.645 bits per heavy atom. The van der Waals surface area contributed by atoms with Gasteiger partial charge in [-0.2, -0.15) is 0 Å². The van der Waals surface area contributed by atoms with Crippen molar-refractivity contribution < 1.29 is 34.4 Å². The Balaban J connectivity index is 1.79. The van der Waals surface area contributed by atoms with E-state index in [0.717, 1.165) is 0 Å². The molecule has 0 saturated carbocycles. The van der Waals surface area contributed by atoms with Gasteiger partial charge in [-0.15, -0.1) is 0 Å². The molecular weight excluding hydrogens is 405 g/mol. The summed E-state index contributed by atoms with van der Waals surface area (Å²) in [6.45, 7) is 0. The molecule has 0 fully saturated rings. The Morgan fingerprint density at radius 2 is 1.06 bits per heavy atom. The Labute approximate surface area is 176 Å². The fourth-order valence-corrected chi connectivity index (χ4v) is 2.82. The van der Waals surface area contributed by atoms with Crippen LogP contribution in [0.1, 0.15) is 43.0 Å². The number of phenols is 2. The first kappa shape index (κ1) is 21.3. The van der Waals surface area contributed by atoms with E-state index >= 15 is 0 Å². The normalized spacial score (nSPS) is 11.3. The van der Waals surface area contributed by atoms with Gasteiger partial charge in [0.05, 0.1) is 0 Å². The van der Waals surface area contributed by atoms with Crippen molar-refractivity contribution >= 4 is 36.2 Å². The van der Waals surface area contributed by atoms with Gasteiger partial charge in [-0.05, 0) is 47.0 Å². The third-order valence-electron chi connectivity index (χ3n) is 4.45. The van der Waals surface area contributed by atoms with Crippen LogP contribution < -0.4 is 0 Å². The third-order valence-corrected chi connectivity index (χ3v) is 4.45. The van der Waals surface area contributed by atoms with E-state index in [1.165, 1.54) is 54.6 Å². The lowest BCUT2D eigenvalue weighted by atomic mass is 10.1. The van der Waals surface area contributed by atoms with Crippen LogP contribution in [0, 0.1) is 5.82 Å². The second-order valence-electron chi connectivity index (χ2n) is 6.61. The first-order valence-corrected chi connectivity index (χ1v) is 9.03. The highest BCUT2D eigenvalue weighted by molar-refractivity contribution is 5.92.